The molecule has 1 fully saturated rings. The summed E-state index contributed by atoms with van der Waals surface area (Å²) in [5.74, 6) is 2.39. The molecule has 2 N–H and O–H groups in total. The highest BCUT2D eigenvalue weighted by Crippen LogP contribution is 2.26. The van der Waals surface area contributed by atoms with E-state index in [2.05, 4.69) is 63.4 Å². The van der Waals surface area contributed by atoms with Crippen molar-refractivity contribution in [2.24, 2.45) is 10.9 Å². The van der Waals surface area contributed by atoms with Gasteiger partial charge in [0.25, 0.3) is 0 Å². The van der Waals surface area contributed by atoms with Crippen LogP contribution in [-0.2, 0) is 6.54 Å². The molecule has 3 rings (SSSR count). The van der Waals surface area contributed by atoms with Crippen molar-refractivity contribution in [3.63, 3.8) is 0 Å². The molecule has 0 bridgehead atoms. The van der Waals surface area contributed by atoms with Crippen LogP contribution >= 0.6 is 0 Å². The van der Waals surface area contributed by atoms with E-state index in [0.29, 0.717) is 5.92 Å². The fourth-order valence-electron chi connectivity index (χ4n) is 3.92. The van der Waals surface area contributed by atoms with Crippen LogP contribution in [0.4, 0.5) is 5.69 Å². The van der Waals surface area contributed by atoms with E-state index in [-0.39, 0.29) is 0 Å². The molecule has 1 saturated heterocycles. The minimum Gasteiger partial charge on any atom is -0.497 e. The van der Waals surface area contributed by atoms with Gasteiger partial charge in [0.05, 0.1) is 12.8 Å². The largest absolute Gasteiger partial charge is 0.497 e. The molecule has 1 aliphatic rings. The summed E-state index contributed by atoms with van der Waals surface area (Å²) in [4.78, 5) is 7.27. The van der Waals surface area contributed by atoms with Gasteiger partial charge in [-0.15, -0.1) is 0 Å². The minimum atomic E-state index is 0.571. The lowest BCUT2D eigenvalue weighted by atomic mass is 10.1. The molecule has 0 aliphatic carbocycles. The van der Waals surface area contributed by atoms with Crippen molar-refractivity contribution in [2.75, 3.05) is 44.7 Å². The molecule has 1 atom stereocenters. The monoisotopic (exact) mass is 412 g/mol. The van der Waals surface area contributed by atoms with Crippen molar-refractivity contribution in [2.45, 2.75) is 40.2 Å². The molecule has 2 aromatic rings. The number of nitrogens with one attached hydrogen (secondary N) is 2. The Morgan fingerprint density at radius 3 is 2.87 bits per heavy atom. The number of aryl methyl sites for hydroxylation is 3. The van der Waals surface area contributed by atoms with E-state index in [1.54, 1.807) is 7.11 Å². The summed E-state index contributed by atoms with van der Waals surface area (Å²) in [6, 6.07) is 10.4. The first-order valence-electron chi connectivity index (χ1n) is 11.0. The van der Waals surface area contributed by atoms with Crippen LogP contribution in [0.15, 0.2) is 35.3 Å². The predicted octanol–water partition coefficient (Wildman–Crippen LogP) is 2.98. The highest BCUT2D eigenvalue weighted by Gasteiger charge is 2.22. The number of ether oxygens (including phenoxy) is 1. The standard InChI is InChI=1S/C23H36N6O/c1-5-24-23(25-11-7-12-29-19(3)14-18(2)27-29)26-16-20-10-13-28(17-20)21-8-6-9-22(15-21)30-4/h6,8-9,14-15,20H,5,7,10-13,16-17H2,1-4H3,(H2,24,25,26). The second-order valence-electron chi connectivity index (χ2n) is 7.95. The first kappa shape index (κ1) is 22.0. The first-order valence-corrected chi connectivity index (χ1v) is 11.0. The van der Waals surface area contributed by atoms with Gasteiger partial charge in [0.2, 0.25) is 0 Å². The van der Waals surface area contributed by atoms with Gasteiger partial charge in [0, 0.05) is 56.7 Å². The number of anilines is 1. The molecule has 7 nitrogen and oxygen atoms in total. The number of aliphatic imine (C=N–C) groups is 1. The van der Waals surface area contributed by atoms with Crippen molar-refractivity contribution in [1.29, 1.82) is 0 Å². The molecule has 1 aliphatic heterocycles. The SMILES string of the molecule is CCNC(=NCC1CCN(c2cccc(OC)c2)C1)NCCCn1nc(C)cc1C. The summed E-state index contributed by atoms with van der Waals surface area (Å²) in [6.45, 7) is 11.9. The third-order valence-corrected chi connectivity index (χ3v) is 5.50. The van der Waals surface area contributed by atoms with Crippen LogP contribution < -0.4 is 20.3 Å². The number of rotatable bonds is 9. The van der Waals surface area contributed by atoms with E-state index < -0.39 is 0 Å². The molecule has 164 valence electrons. The van der Waals surface area contributed by atoms with Crippen molar-refractivity contribution in [3.05, 3.63) is 41.7 Å². The van der Waals surface area contributed by atoms with E-state index in [9.17, 15) is 0 Å². The van der Waals surface area contributed by atoms with Crippen molar-refractivity contribution in [3.8, 4) is 5.75 Å². The molecular formula is C23H36N6O. The topological polar surface area (TPSA) is 66.7 Å². The fraction of sp³-hybridized carbons (Fsp3) is 0.565. The van der Waals surface area contributed by atoms with Crippen LogP contribution in [-0.4, -0.2) is 55.6 Å². The molecule has 2 heterocycles. The maximum atomic E-state index is 5.36. The lowest BCUT2D eigenvalue weighted by Gasteiger charge is -2.19. The predicted molar refractivity (Wildman–Crippen MR) is 124 cm³/mol. The van der Waals surface area contributed by atoms with Gasteiger partial charge in [-0.1, -0.05) is 6.07 Å². The molecule has 30 heavy (non-hydrogen) atoms. The van der Waals surface area contributed by atoms with Gasteiger partial charge in [-0.05, 0) is 57.7 Å². The summed E-state index contributed by atoms with van der Waals surface area (Å²) in [5.41, 5.74) is 3.53. The Balaban J connectivity index is 1.45. The smallest absolute Gasteiger partial charge is 0.191 e. The highest BCUT2D eigenvalue weighted by atomic mass is 16.5. The summed E-state index contributed by atoms with van der Waals surface area (Å²) >= 11 is 0. The molecule has 0 radical (unpaired) electrons. The normalized spacial score (nSPS) is 16.7. The zero-order chi connectivity index (χ0) is 21.3. The maximum Gasteiger partial charge on any atom is 0.191 e. The van der Waals surface area contributed by atoms with Crippen molar-refractivity contribution in [1.82, 2.24) is 20.4 Å². The van der Waals surface area contributed by atoms with E-state index in [1.807, 2.05) is 13.0 Å². The van der Waals surface area contributed by atoms with Gasteiger partial charge in [0.1, 0.15) is 5.75 Å². The van der Waals surface area contributed by atoms with Crippen LogP contribution in [0.2, 0.25) is 0 Å². The van der Waals surface area contributed by atoms with Crippen molar-refractivity contribution < 1.29 is 4.74 Å². The Kier molecular flexibility index (Phi) is 7.99. The molecular weight excluding hydrogens is 376 g/mol. The number of benzene rings is 1. The summed E-state index contributed by atoms with van der Waals surface area (Å²) < 4.78 is 7.44. The third-order valence-electron chi connectivity index (χ3n) is 5.50. The third kappa shape index (κ3) is 6.15. The Hall–Kier alpha value is -2.70. The fourth-order valence-corrected chi connectivity index (χ4v) is 3.92. The molecule has 0 amide bonds. The number of hydrogen-bond acceptors (Lipinski definition) is 4. The first-order chi connectivity index (χ1) is 14.6. The number of nitrogens with zero attached hydrogens (tertiary/aromatic N) is 4. The second-order valence-corrected chi connectivity index (χ2v) is 7.95. The molecule has 1 aromatic carbocycles. The summed E-state index contributed by atoms with van der Waals surface area (Å²) in [7, 11) is 1.72. The minimum absolute atomic E-state index is 0.571. The van der Waals surface area contributed by atoms with Gasteiger partial charge >= 0.3 is 0 Å². The molecule has 7 heteroatoms. The van der Waals surface area contributed by atoms with Gasteiger partial charge in [-0.25, -0.2) is 0 Å². The molecule has 1 unspecified atom stereocenters. The number of guanidine groups is 1. The van der Waals surface area contributed by atoms with Gasteiger partial charge < -0.3 is 20.3 Å². The van der Waals surface area contributed by atoms with Crippen LogP contribution in [0.3, 0.4) is 0 Å². The maximum absolute atomic E-state index is 5.36. The van der Waals surface area contributed by atoms with Gasteiger partial charge in [0.15, 0.2) is 5.96 Å². The van der Waals surface area contributed by atoms with Crippen molar-refractivity contribution >= 4 is 11.6 Å². The zero-order valence-corrected chi connectivity index (χ0v) is 18.8. The van der Waals surface area contributed by atoms with Crippen LogP contribution in [0, 0.1) is 19.8 Å². The van der Waals surface area contributed by atoms with Gasteiger partial charge in [-0.2, -0.15) is 5.10 Å². The van der Waals surface area contributed by atoms with Crippen LogP contribution in [0.1, 0.15) is 31.2 Å². The Morgan fingerprint density at radius 1 is 1.27 bits per heavy atom. The second kappa shape index (κ2) is 10.9. The summed E-state index contributed by atoms with van der Waals surface area (Å²) in [6.07, 6.45) is 2.18. The molecule has 0 saturated carbocycles. The number of aromatic nitrogens is 2. The molecule has 0 spiro atoms. The highest BCUT2D eigenvalue weighted by molar-refractivity contribution is 5.79. The molecule has 1 aromatic heterocycles. The van der Waals surface area contributed by atoms with E-state index in [0.717, 1.165) is 69.5 Å². The number of hydrogen-bond donors (Lipinski definition) is 2. The lowest BCUT2D eigenvalue weighted by molar-refractivity contribution is 0.415. The van der Waals surface area contributed by atoms with Gasteiger partial charge in [-0.3, -0.25) is 9.67 Å². The zero-order valence-electron chi connectivity index (χ0n) is 18.8. The Bertz CT molecular complexity index is 831. The van der Waals surface area contributed by atoms with E-state index in [4.69, 9.17) is 9.73 Å². The van der Waals surface area contributed by atoms with E-state index >= 15 is 0 Å². The van der Waals surface area contributed by atoms with Crippen LogP contribution in [0.25, 0.3) is 0 Å². The Labute approximate surface area is 180 Å². The van der Waals surface area contributed by atoms with Crippen LogP contribution in [0.5, 0.6) is 5.75 Å². The average molecular weight is 413 g/mol. The Morgan fingerprint density at radius 2 is 2.13 bits per heavy atom. The van der Waals surface area contributed by atoms with E-state index in [1.165, 1.54) is 11.4 Å². The summed E-state index contributed by atoms with van der Waals surface area (Å²) in [5, 5.41) is 11.4. The average Bonchev–Trinajstić information content (AvgIpc) is 3.35. The lowest BCUT2D eigenvalue weighted by Crippen LogP contribution is -2.38. The number of methoxy groups -OCH3 is 1. The quantitative estimate of drug-likeness (QED) is 0.377.